The number of ketones is 1. The number of aryl methyl sites for hydroxylation is 1. The number of rotatable bonds is 5. The van der Waals surface area contributed by atoms with E-state index in [4.69, 9.17) is 9.47 Å². The van der Waals surface area contributed by atoms with Crippen molar-refractivity contribution < 1.29 is 14.3 Å². The third-order valence-corrected chi connectivity index (χ3v) is 3.93. The fraction of sp³-hybridized carbons (Fsp3) is 0.471. The molecule has 0 radical (unpaired) electrons. The Morgan fingerprint density at radius 1 is 1.29 bits per heavy atom. The average Bonchev–Trinajstić information content (AvgIpc) is 3.08. The maximum atomic E-state index is 12.0. The van der Waals surface area contributed by atoms with Crippen molar-refractivity contribution in [1.29, 1.82) is 0 Å². The summed E-state index contributed by atoms with van der Waals surface area (Å²) < 4.78 is 13.2. The summed E-state index contributed by atoms with van der Waals surface area (Å²) >= 11 is 0. The highest BCUT2D eigenvalue weighted by molar-refractivity contribution is 5.99. The lowest BCUT2D eigenvalue weighted by molar-refractivity contribution is -0.0519. The summed E-state index contributed by atoms with van der Waals surface area (Å²) in [5.41, 5.74) is 3.08. The quantitative estimate of drug-likeness (QED) is 0.792. The number of aromatic nitrogens is 1. The molecule has 0 unspecified atom stereocenters. The maximum Gasteiger partial charge on any atom is 0.175 e. The van der Waals surface area contributed by atoms with Crippen LogP contribution in [-0.2, 0) is 16.0 Å². The Labute approximate surface area is 124 Å². The van der Waals surface area contributed by atoms with E-state index in [1.807, 2.05) is 25.1 Å². The topological polar surface area (TPSA) is 40.5 Å². The standard InChI is InChI=1S/C17H21NO3/c1-3-4-16(19)13-5-6-15-14(10-13)9-12(2)18(15)11-17-20-7-8-21-17/h5-6,9-10,17H,3-4,7-8,11H2,1-2H3. The summed E-state index contributed by atoms with van der Waals surface area (Å²) in [5, 5.41) is 1.10. The number of carbonyl (C=O) groups excluding carboxylic acids is 1. The van der Waals surface area contributed by atoms with Crippen molar-refractivity contribution in [1.82, 2.24) is 4.57 Å². The summed E-state index contributed by atoms with van der Waals surface area (Å²) in [7, 11) is 0. The zero-order chi connectivity index (χ0) is 14.8. The number of hydrogen-bond donors (Lipinski definition) is 0. The van der Waals surface area contributed by atoms with Gasteiger partial charge < -0.3 is 14.0 Å². The van der Waals surface area contributed by atoms with Gasteiger partial charge in [-0.05, 0) is 37.6 Å². The minimum absolute atomic E-state index is 0.166. The fourth-order valence-electron chi connectivity index (χ4n) is 2.86. The maximum absolute atomic E-state index is 12.0. The van der Waals surface area contributed by atoms with Gasteiger partial charge in [-0.2, -0.15) is 0 Å². The fourth-order valence-corrected chi connectivity index (χ4v) is 2.86. The van der Waals surface area contributed by atoms with Crippen LogP contribution in [0.3, 0.4) is 0 Å². The van der Waals surface area contributed by atoms with Crippen LogP contribution < -0.4 is 0 Å². The number of Topliss-reactive ketones (excluding diaryl/α,β-unsaturated/α-hetero) is 1. The van der Waals surface area contributed by atoms with Gasteiger partial charge in [0.25, 0.3) is 0 Å². The molecule has 1 aliphatic rings. The van der Waals surface area contributed by atoms with E-state index in [-0.39, 0.29) is 12.1 Å². The van der Waals surface area contributed by atoms with Crippen LogP contribution in [0.1, 0.15) is 35.8 Å². The Morgan fingerprint density at radius 3 is 2.76 bits per heavy atom. The second-order valence-electron chi connectivity index (χ2n) is 5.51. The lowest BCUT2D eigenvalue weighted by Crippen LogP contribution is -2.17. The van der Waals surface area contributed by atoms with Crippen LogP contribution in [0.2, 0.25) is 0 Å². The SMILES string of the molecule is CCCC(=O)c1ccc2c(c1)cc(C)n2CC1OCCO1. The van der Waals surface area contributed by atoms with Gasteiger partial charge in [0, 0.05) is 28.6 Å². The highest BCUT2D eigenvalue weighted by Crippen LogP contribution is 2.23. The molecular formula is C17H21NO3. The number of nitrogens with zero attached hydrogens (tertiary/aromatic N) is 1. The Morgan fingerprint density at radius 2 is 2.05 bits per heavy atom. The molecule has 1 aromatic carbocycles. The molecule has 1 aromatic heterocycles. The zero-order valence-electron chi connectivity index (χ0n) is 12.6. The van der Waals surface area contributed by atoms with Crippen LogP contribution in [0.15, 0.2) is 24.3 Å². The molecule has 0 N–H and O–H groups in total. The van der Waals surface area contributed by atoms with Gasteiger partial charge >= 0.3 is 0 Å². The van der Waals surface area contributed by atoms with Crippen molar-refractivity contribution in [2.75, 3.05) is 13.2 Å². The summed E-state index contributed by atoms with van der Waals surface area (Å²) in [5.74, 6) is 0.215. The first kappa shape index (κ1) is 14.3. The van der Waals surface area contributed by atoms with E-state index in [1.54, 1.807) is 0 Å². The van der Waals surface area contributed by atoms with E-state index in [9.17, 15) is 4.79 Å². The largest absolute Gasteiger partial charge is 0.348 e. The molecule has 21 heavy (non-hydrogen) atoms. The van der Waals surface area contributed by atoms with Gasteiger partial charge in [-0.3, -0.25) is 4.79 Å². The van der Waals surface area contributed by atoms with Gasteiger partial charge in [0.2, 0.25) is 0 Å². The zero-order valence-corrected chi connectivity index (χ0v) is 12.6. The summed E-state index contributed by atoms with van der Waals surface area (Å²) in [4.78, 5) is 12.0. The monoisotopic (exact) mass is 287 g/mol. The van der Waals surface area contributed by atoms with Gasteiger partial charge in [0.15, 0.2) is 12.1 Å². The van der Waals surface area contributed by atoms with Crippen LogP contribution in [0.5, 0.6) is 0 Å². The Bertz CT molecular complexity index is 653. The molecule has 2 heterocycles. The number of hydrogen-bond acceptors (Lipinski definition) is 3. The van der Waals surface area contributed by atoms with E-state index in [0.29, 0.717) is 26.2 Å². The number of benzene rings is 1. The smallest absolute Gasteiger partial charge is 0.175 e. The third kappa shape index (κ3) is 2.87. The molecule has 1 fully saturated rings. The normalized spacial score (nSPS) is 15.9. The van der Waals surface area contributed by atoms with Crippen LogP contribution in [-0.4, -0.2) is 29.9 Å². The molecule has 0 spiro atoms. The molecule has 1 saturated heterocycles. The summed E-state index contributed by atoms with van der Waals surface area (Å²) in [6, 6.07) is 8.06. The van der Waals surface area contributed by atoms with Crippen molar-refractivity contribution in [3.63, 3.8) is 0 Å². The molecule has 3 rings (SSSR count). The Balaban J connectivity index is 1.91. The predicted molar refractivity (Wildman–Crippen MR) is 81.6 cm³/mol. The molecule has 2 aromatic rings. The molecule has 4 heteroatoms. The summed E-state index contributed by atoms with van der Waals surface area (Å²) in [6.45, 7) is 6.12. The average molecular weight is 287 g/mol. The van der Waals surface area contributed by atoms with E-state index >= 15 is 0 Å². The predicted octanol–water partition coefficient (Wildman–Crippen LogP) is 3.31. The molecule has 112 valence electrons. The second kappa shape index (κ2) is 6.00. The first-order valence-corrected chi connectivity index (χ1v) is 7.55. The highest BCUT2D eigenvalue weighted by atomic mass is 16.7. The Kier molecular flexibility index (Phi) is 4.08. The lowest BCUT2D eigenvalue weighted by Gasteiger charge is -2.13. The molecule has 0 atom stereocenters. The van der Waals surface area contributed by atoms with Crippen molar-refractivity contribution >= 4 is 16.7 Å². The van der Waals surface area contributed by atoms with Crippen molar-refractivity contribution in [2.45, 2.75) is 39.5 Å². The first-order chi connectivity index (χ1) is 10.2. The minimum atomic E-state index is -0.166. The molecule has 4 nitrogen and oxygen atoms in total. The molecular weight excluding hydrogens is 266 g/mol. The molecule has 0 bridgehead atoms. The number of ether oxygens (including phenoxy) is 2. The van der Waals surface area contributed by atoms with Crippen molar-refractivity contribution in [2.24, 2.45) is 0 Å². The van der Waals surface area contributed by atoms with E-state index < -0.39 is 0 Å². The van der Waals surface area contributed by atoms with Gasteiger partial charge in [-0.15, -0.1) is 0 Å². The minimum Gasteiger partial charge on any atom is -0.348 e. The van der Waals surface area contributed by atoms with E-state index in [2.05, 4.69) is 17.6 Å². The van der Waals surface area contributed by atoms with Gasteiger partial charge in [0.1, 0.15) is 0 Å². The third-order valence-electron chi connectivity index (χ3n) is 3.93. The highest BCUT2D eigenvalue weighted by Gasteiger charge is 2.18. The number of fused-ring (bicyclic) bond motifs is 1. The van der Waals surface area contributed by atoms with Gasteiger partial charge in [-0.25, -0.2) is 0 Å². The Hall–Kier alpha value is -1.65. The van der Waals surface area contributed by atoms with Crippen LogP contribution in [0, 0.1) is 6.92 Å². The van der Waals surface area contributed by atoms with Crippen molar-refractivity contribution in [3.05, 3.63) is 35.5 Å². The van der Waals surface area contributed by atoms with E-state index in [0.717, 1.165) is 28.6 Å². The molecule has 1 aliphatic heterocycles. The summed E-state index contributed by atoms with van der Waals surface area (Å²) in [6.07, 6.45) is 1.32. The van der Waals surface area contributed by atoms with Crippen LogP contribution >= 0.6 is 0 Å². The van der Waals surface area contributed by atoms with Gasteiger partial charge in [-0.1, -0.05) is 6.92 Å². The molecule has 0 amide bonds. The molecule has 0 aliphatic carbocycles. The first-order valence-electron chi connectivity index (χ1n) is 7.55. The lowest BCUT2D eigenvalue weighted by atomic mass is 10.1. The second-order valence-corrected chi connectivity index (χ2v) is 5.51. The number of carbonyl (C=O) groups is 1. The van der Waals surface area contributed by atoms with Crippen molar-refractivity contribution in [3.8, 4) is 0 Å². The van der Waals surface area contributed by atoms with Gasteiger partial charge in [0.05, 0.1) is 19.8 Å². The van der Waals surface area contributed by atoms with Crippen LogP contribution in [0.25, 0.3) is 10.9 Å². The molecule has 0 saturated carbocycles. The van der Waals surface area contributed by atoms with Crippen LogP contribution in [0.4, 0.5) is 0 Å². The van der Waals surface area contributed by atoms with E-state index in [1.165, 1.54) is 0 Å².